The van der Waals surface area contributed by atoms with E-state index >= 15 is 0 Å². The van der Waals surface area contributed by atoms with E-state index in [-0.39, 0.29) is 0 Å². The predicted molar refractivity (Wildman–Crippen MR) is 53.9 cm³/mol. The zero-order chi connectivity index (χ0) is 9.14. The fraction of sp³-hybridized carbons (Fsp3) is 0.636. The van der Waals surface area contributed by atoms with Crippen LogP contribution in [0.3, 0.4) is 0 Å². The summed E-state index contributed by atoms with van der Waals surface area (Å²) in [6.45, 7) is 4.52. The van der Waals surface area contributed by atoms with E-state index in [0.29, 0.717) is 5.92 Å². The Bertz CT molecular complexity index is 185. The summed E-state index contributed by atoms with van der Waals surface area (Å²) in [6.07, 6.45) is 7.13. The Morgan fingerprint density at radius 1 is 1.17 bits per heavy atom. The fourth-order valence-electron chi connectivity index (χ4n) is 1.65. The Morgan fingerprint density at radius 3 is 2.17 bits per heavy atom. The highest BCUT2D eigenvalue weighted by Gasteiger charge is 2.13. The third-order valence-corrected chi connectivity index (χ3v) is 2.27. The minimum Gasteiger partial charge on any atom is -0.378 e. The Kier molecular flexibility index (Phi) is 2.96. The largest absolute Gasteiger partial charge is 0.378 e. The lowest BCUT2D eigenvalue weighted by molar-refractivity contribution is 0.497. The molecule has 0 N–H and O–H groups in total. The minimum atomic E-state index is 0.652. The Balaban J connectivity index is 2.83. The molecule has 0 atom stereocenters. The monoisotopic (exact) mass is 165 g/mol. The van der Waals surface area contributed by atoms with Crippen LogP contribution < -0.4 is 0 Å². The number of allylic oxidation sites excluding steroid dienone is 3. The molecule has 1 heteroatoms. The van der Waals surface area contributed by atoms with Gasteiger partial charge >= 0.3 is 0 Å². The molecule has 0 saturated carbocycles. The fourth-order valence-corrected chi connectivity index (χ4v) is 1.65. The second-order valence-corrected chi connectivity index (χ2v) is 3.88. The maximum Gasteiger partial charge on any atom is 0.0352 e. The van der Waals surface area contributed by atoms with Crippen molar-refractivity contribution in [3.63, 3.8) is 0 Å². The van der Waals surface area contributed by atoms with Crippen LogP contribution in [0, 0.1) is 5.92 Å². The number of hydrogen-bond acceptors (Lipinski definition) is 1. The van der Waals surface area contributed by atoms with Crippen molar-refractivity contribution in [3.8, 4) is 0 Å². The molecule has 12 heavy (non-hydrogen) atoms. The van der Waals surface area contributed by atoms with Crippen molar-refractivity contribution in [1.29, 1.82) is 0 Å². The summed E-state index contributed by atoms with van der Waals surface area (Å²) in [7, 11) is 4.24. The molecule has 0 spiro atoms. The Labute approximate surface area is 75.8 Å². The molecule has 1 rings (SSSR count). The highest BCUT2D eigenvalue weighted by Crippen LogP contribution is 2.26. The van der Waals surface area contributed by atoms with E-state index in [0.717, 1.165) is 0 Å². The number of nitrogens with zero attached hydrogens (tertiary/aromatic N) is 1. The summed E-state index contributed by atoms with van der Waals surface area (Å²) >= 11 is 0. The molecule has 0 heterocycles. The predicted octanol–water partition coefficient (Wildman–Crippen LogP) is 2.81. The average Bonchev–Trinajstić information content (AvgIpc) is 2.04. The molecule has 1 nitrogen and oxygen atoms in total. The van der Waals surface area contributed by atoms with Crippen molar-refractivity contribution in [2.45, 2.75) is 26.7 Å². The standard InChI is InChI=1S/C11H19N/c1-9(2)10-7-5-6-8-11(10)12(3)4/h7-9H,5-6H2,1-4H3. The van der Waals surface area contributed by atoms with Crippen LogP contribution in [0.1, 0.15) is 26.7 Å². The number of hydrogen-bond donors (Lipinski definition) is 0. The van der Waals surface area contributed by atoms with Gasteiger partial charge in [0.05, 0.1) is 0 Å². The van der Waals surface area contributed by atoms with Gasteiger partial charge in [-0.05, 0) is 24.3 Å². The van der Waals surface area contributed by atoms with E-state index in [9.17, 15) is 0 Å². The van der Waals surface area contributed by atoms with E-state index in [1.807, 2.05) is 0 Å². The highest BCUT2D eigenvalue weighted by atomic mass is 15.1. The minimum absolute atomic E-state index is 0.652. The van der Waals surface area contributed by atoms with E-state index in [2.05, 4.69) is 45.0 Å². The molecule has 0 radical (unpaired) electrons. The first-order valence-electron chi connectivity index (χ1n) is 4.71. The van der Waals surface area contributed by atoms with E-state index in [1.165, 1.54) is 24.1 Å². The second kappa shape index (κ2) is 3.79. The van der Waals surface area contributed by atoms with Crippen molar-refractivity contribution in [2.75, 3.05) is 14.1 Å². The topological polar surface area (TPSA) is 3.24 Å². The Hall–Kier alpha value is -0.720. The SMILES string of the molecule is CC(C)C1=CCCC=C1N(C)C. The second-order valence-electron chi connectivity index (χ2n) is 3.88. The number of rotatable bonds is 2. The summed E-state index contributed by atoms with van der Waals surface area (Å²) in [5.74, 6) is 0.652. The van der Waals surface area contributed by atoms with Crippen LogP contribution in [0.2, 0.25) is 0 Å². The van der Waals surface area contributed by atoms with Gasteiger partial charge in [-0.3, -0.25) is 0 Å². The normalized spacial score (nSPS) is 17.4. The zero-order valence-electron chi connectivity index (χ0n) is 8.59. The molecule has 1 aliphatic rings. The van der Waals surface area contributed by atoms with Gasteiger partial charge in [0.2, 0.25) is 0 Å². The first-order valence-corrected chi connectivity index (χ1v) is 4.71. The van der Waals surface area contributed by atoms with Crippen LogP contribution in [0.5, 0.6) is 0 Å². The molecule has 0 aromatic rings. The van der Waals surface area contributed by atoms with E-state index in [1.54, 1.807) is 0 Å². The van der Waals surface area contributed by atoms with Gasteiger partial charge in [-0.2, -0.15) is 0 Å². The molecule has 68 valence electrons. The van der Waals surface area contributed by atoms with Crippen LogP contribution in [-0.2, 0) is 0 Å². The molecule has 0 aliphatic heterocycles. The van der Waals surface area contributed by atoms with Crippen molar-refractivity contribution in [2.24, 2.45) is 5.92 Å². The molecular weight excluding hydrogens is 146 g/mol. The van der Waals surface area contributed by atoms with Gasteiger partial charge in [0.15, 0.2) is 0 Å². The van der Waals surface area contributed by atoms with Gasteiger partial charge in [0.25, 0.3) is 0 Å². The smallest absolute Gasteiger partial charge is 0.0352 e. The lowest BCUT2D eigenvalue weighted by Crippen LogP contribution is -2.17. The lowest BCUT2D eigenvalue weighted by Gasteiger charge is -2.25. The zero-order valence-corrected chi connectivity index (χ0v) is 8.59. The Morgan fingerprint density at radius 2 is 1.75 bits per heavy atom. The molecule has 0 bridgehead atoms. The summed E-state index contributed by atoms with van der Waals surface area (Å²) < 4.78 is 0. The third kappa shape index (κ3) is 1.90. The van der Waals surface area contributed by atoms with Crippen LogP contribution in [-0.4, -0.2) is 19.0 Å². The molecule has 0 aromatic heterocycles. The van der Waals surface area contributed by atoms with E-state index in [4.69, 9.17) is 0 Å². The maximum atomic E-state index is 2.38. The molecule has 1 aliphatic carbocycles. The summed E-state index contributed by atoms with van der Waals surface area (Å²) in [4.78, 5) is 2.21. The molecule has 0 aromatic carbocycles. The van der Waals surface area contributed by atoms with E-state index < -0.39 is 0 Å². The van der Waals surface area contributed by atoms with Gasteiger partial charge in [-0.1, -0.05) is 26.0 Å². The molecule has 0 fully saturated rings. The molecule has 0 saturated heterocycles. The first-order chi connectivity index (χ1) is 5.63. The lowest BCUT2D eigenvalue weighted by atomic mass is 9.93. The number of likely N-dealkylation sites (N-methyl/N-ethyl adjacent to an activating group) is 1. The van der Waals surface area contributed by atoms with Gasteiger partial charge in [-0.15, -0.1) is 0 Å². The van der Waals surface area contributed by atoms with Crippen LogP contribution in [0.15, 0.2) is 23.4 Å². The highest BCUT2D eigenvalue weighted by molar-refractivity contribution is 5.33. The molecule has 0 unspecified atom stereocenters. The van der Waals surface area contributed by atoms with Gasteiger partial charge < -0.3 is 4.90 Å². The first kappa shape index (κ1) is 9.37. The van der Waals surface area contributed by atoms with Gasteiger partial charge in [0.1, 0.15) is 0 Å². The summed E-state index contributed by atoms with van der Waals surface area (Å²) in [6, 6.07) is 0. The third-order valence-electron chi connectivity index (χ3n) is 2.27. The van der Waals surface area contributed by atoms with Crippen molar-refractivity contribution >= 4 is 0 Å². The maximum absolute atomic E-state index is 2.38. The summed E-state index contributed by atoms with van der Waals surface area (Å²) in [5.41, 5.74) is 2.92. The quantitative estimate of drug-likeness (QED) is 0.608. The average molecular weight is 165 g/mol. The summed E-state index contributed by atoms with van der Waals surface area (Å²) in [5, 5.41) is 0. The molecule has 0 amide bonds. The van der Waals surface area contributed by atoms with Gasteiger partial charge in [-0.25, -0.2) is 0 Å². The van der Waals surface area contributed by atoms with Crippen molar-refractivity contribution in [3.05, 3.63) is 23.4 Å². The van der Waals surface area contributed by atoms with Crippen molar-refractivity contribution < 1.29 is 0 Å². The van der Waals surface area contributed by atoms with Crippen LogP contribution >= 0.6 is 0 Å². The molecular formula is C11H19N. The van der Waals surface area contributed by atoms with Crippen LogP contribution in [0.4, 0.5) is 0 Å². The van der Waals surface area contributed by atoms with Crippen molar-refractivity contribution in [1.82, 2.24) is 4.90 Å². The van der Waals surface area contributed by atoms with Gasteiger partial charge in [0, 0.05) is 19.8 Å². The van der Waals surface area contributed by atoms with Crippen LogP contribution in [0.25, 0.3) is 0 Å².